The highest BCUT2D eigenvalue weighted by atomic mass is 16.1. The molecule has 0 aromatic rings. The lowest BCUT2D eigenvalue weighted by molar-refractivity contribution is -0.130. The fraction of sp³-hybridized carbons (Fsp3) is 0.800. The Hall–Kier alpha value is -1.04. The minimum Gasteiger partial charge on any atom is -0.356 e. The van der Waals surface area contributed by atoms with Crippen LogP contribution in [-0.2, 0) is 4.79 Å². The maximum absolute atomic E-state index is 11.4. The first-order valence-corrected chi connectivity index (χ1v) is 4.98. The molecular formula is C10H14N2O. The second kappa shape index (κ2) is 3.37. The van der Waals surface area contributed by atoms with Crippen LogP contribution in [0.25, 0.3) is 0 Å². The molecule has 1 amide bonds. The molecular weight excluding hydrogens is 164 g/mol. The highest BCUT2D eigenvalue weighted by molar-refractivity contribution is 5.79. The number of nitriles is 1. The third-order valence-electron chi connectivity index (χ3n) is 3.32. The van der Waals surface area contributed by atoms with Gasteiger partial charge in [-0.15, -0.1) is 0 Å². The number of hydrogen-bond donors (Lipinski definition) is 1. The molecule has 1 aliphatic heterocycles. The molecule has 3 nitrogen and oxygen atoms in total. The molecule has 1 aliphatic carbocycles. The van der Waals surface area contributed by atoms with E-state index in [1.54, 1.807) is 0 Å². The van der Waals surface area contributed by atoms with Crippen molar-refractivity contribution in [2.75, 3.05) is 6.54 Å². The molecule has 0 radical (unpaired) electrons. The smallest absolute Gasteiger partial charge is 0.223 e. The molecule has 3 atom stereocenters. The lowest BCUT2D eigenvalue weighted by atomic mass is 9.71. The van der Waals surface area contributed by atoms with Crippen LogP contribution in [0.4, 0.5) is 0 Å². The normalized spacial score (nSPS) is 38.7. The average Bonchev–Trinajstić information content (AvgIpc) is 2.18. The van der Waals surface area contributed by atoms with Crippen LogP contribution < -0.4 is 5.32 Å². The predicted octanol–water partition coefficient (Wildman–Crippen LogP) is 1.06. The molecule has 2 rings (SSSR count). The Morgan fingerprint density at radius 2 is 2.23 bits per heavy atom. The minimum atomic E-state index is 0.201. The van der Waals surface area contributed by atoms with E-state index in [1.807, 2.05) is 0 Å². The lowest BCUT2D eigenvalue weighted by Gasteiger charge is -2.36. The molecule has 70 valence electrons. The van der Waals surface area contributed by atoms with Gasteiger partial charge in [0.2, 0.25) is 5.91 Å². The largest absolute Gasteiger partial charge is 0.356 e. The van der Waals surface area contributed by atoms with Crippen LogP contribution >= 0.6 is 0 Å². The van der Waals surface area contributed by atoms with Gasteiger partial charge in [0.05, 0.1) is 6.07 Å². The standard InChI is InChI=1S/C10H14N2O/c11-6-7-1-2-9-8(5-7)3-4-12-10(9)13/h7-9H,1-5H2,(H,12,13). The first kappa shape index (κ1) is 8.55. The van der Waals surface area contributed by atoms with Crippen LogP contribution in [0.5, 0.6) is 0 Å². The van der Waals surface area contributed by atoms with Crippen LogP contribution in [-0.4, -0.2) is 12.5 Å². The third kappa shape index (κ3) is 1.53. The van der Waals surface area contributed by atoms with Gasteiger partial charge in [-0.25, -0.2) is 0 Å². The van der Waals surface area contributed by atoms with Gasteiger partial charge in [-0.3, -0.25) is 4.79 Å². The lowest BCUT2D eigenvalue weighted by Crippen LogP contribution is -2.44. The Morgan fingerprint density at radius 1 is 1.38 bits per heavy atom. The fourth-order valence-electron chi connectivity index (χ4n) is 2.56. The van der Waals surface area contributed by atoms with Crippen molar-refractivity contribution in [1.82, 2.24) is 5.32 Å². The van der Waals surface area contributed by atoms with Crippen molar-refractivity contribution >= 4 is 5.91 Å². The molecule has 13 heavy (non-hydrogen) atoms. The Bertz CT molecular complexity index is 256. The van der Waals surface area contributed by atoms with E-state index in [0.717, 1.165) is 32.2 Å². The number of carbonyl (C=O) groups excluding carboxylic acids is 1. The van der Waals surface area contributed by atoms with Crippen LogP contribution in [0.15, 0.2) is 0 Å². The number of fused-ring (bicyclic) bond motifs is 1. The van der Waals surface area contributed by atoms with Gasteiger partial charge in [-0.2, -0.15) is 5.26 Å². The van der Waals surface area contributed by atoms with Gasteiger partial charge in [-0.1, -0.05) is 0 Å². The van der Waals surface area contributed by atoms with Crippen molar-refractivity contribution in [1.29, 1.82) is 5.26 Å². The summed E-state index contributed by atoms with van der Waals surface area (Å²) in [5, 5.41) is 11.7. The topological polar surface area (TPSA) is 52.9 Å². The van der Waals surface area contributed by atoms with E-state index < -0.39 is 0 Å². The number of rotatable bonds is 0. The maximum Gasteiger partial charge on any atom is 0.223 e. The summed E-state index contributed by atoms with van der Waals surface area (Å²) in [4.78, 5) is 11.4. The second-order valence-corrected chi connectivity index (χ2v) is 4.09. The van der Waals surface area contributed by atoms with Crippen molar-refractivity contribution in [2.45, 2.75) is 25.7 Å². The van der Waals surface area contributed by atoms with E-state index in [-0.39, 0.29) is 17.7 Å². The highest BCUT2D eigenvalue weighted by Gasteiger charge is 2.36. The Balaban J connectivity index is 2.04. The Morgan fingerprint density at radius 3 is 3.00 bits per heavy atom. The first-order chi connectivity index (χ1) is 6.31. The van der Waals surface area contributed by atoms with Gasteiger partial charge in [0.1, 0.15) is 0 Å². The molecule has 0 aromatic heterocycles. The zero-order valence-electron chi connectivity index (χ0n) is 7.62. The van der Waals surface area contributed by atoms with Gasteiger partial charge in [0, 0.05) is 18.4 Å². The van der Waals surface area contributed by atoms with E-state index in [2.05, 4.69) is 11.4 Å². The van der Waals surface area contributed by atoms with E-state index in [4.69, 9.17) is 5.26 Å². The SMILES string of the molecule is N#CC1CCC2C(=O)NCCC2C1. The van der Waals surface area contributed by atoms with Gasteiger partial charge in [-0.05, 0) is 31.6 Å². The second-order valence-electron chi connectivity index (χ2n) is 4.09. The van der Waals surface area contributed by atoms with Gasteiger partial charge in [0.15, 0.2) is 0 Å². The summed E-state index contributed by atoms with van der Waals surface area (Å²) in [7, 11) is 0. The Labute approximate surface area is 78.1 Å². The van der Waals surface area contributed by atoms with Crippen LogP contribution in [0.2, 0.25) is 0 Å². The number of carbonyl (C=O) groups is 1. The molecule has 1 heterocycles. The van der Waals surface area contributed by atoms with Gasteiger partial charge in [0.25, 0.3) is 0 Å². The summed E-state index contributed by atoms with van der Waals surface area (Å²) in [6.07, 6.45) is 3.82. The van der Waals surface area contributed by atoms with E-state index in [1.165, 1.54) is 0 Å². The number of amides is 1. The molecule has 1 saturated heterocycles. The molecule has 2 fully saturated rings. The van der Waals surface area contributed by atoms with Gasteiger partial charge >= 0.3 is 0 Å². The summed E-state index contributed by atoms with van der Waals surface area (Å²) in [5.41, 5.74) is 0. The molecule has 1 N–H and O–H groups in total. The molecule has 0 aromatic carbocycles. The third-order valence-corrected chi connectivity index (χ3v) is 3.32. The quantitative estimate of drug-likeness (QED) is 0.603. The molecule has 0 bridgehead atoms. The fourth-order valence-corrected chi connectivity index (χ4v) is 2.56. The monoisotopic (exact) mass is 178 g/mol. The summed E-state index contributed by atoms with van der Waals surface area (Å²) < 4.78 is 0. The highest BCUT2D eigenvalue weighted by Crippen LogP contribution is 2.37. The average molecular weight is 178 g/mol. The van der Waals surface area contributed by atoms with Gasteiger partial charge < -0.3 is 5.32 Å². The summed E-state index contributed by atoms with van der Waals surface area (Å²) in [6.45, 7) is 0.804. The summed E-state index contributed by atoms with van der Waals surface area (Å²) >= 11 is 0. The van der Waals surface area contributed by atoms with Crippen LogP contribution in [0, 0.1) is 29.1 Å². The van der Waals surface area contributed by atoms with Crippen molar-refractivity contribution in [3.63, 3.8) is 0 Å². The maximum atomic E-state index is 11.4. The summed E-state index contributed by atoms with van der Waals surface area (Å²) in [5.74, 6) is 1.10. The van der Waals surface area contributed by atoms with Crippen LogP contribution in [0.3, 0.4) is 0 Å². The minimum absolute atomic E-state index is 0.201. The number of hydrogen-bond acceptors (Lipinski definition) is 2. The van der Waals surface area contributed by atoms with Crippen molar-refractivity contribution in [3.05, 3.63) is 0 Å². The van der Waals surface area contributed by atoms with E-state index >= 15 is 0 Å². The number of piperidine rings is 1. The van der Waals surface area contributed by atoms with Crippen molar-refractivity contribution in [3.8, 4) is 6.07 Å². The van der Waals surface area contributed by atoms with E-state index in [9.17, 15) is 4.79 Å². The predicted molar refractivity (Wildman–Crippen MR) is 47.6 cm³/mol. The van der Waals surface area contributed by atoms with E-state index in [0.29, 0.717) is 5.92 Å². The molecule has 3 unspecified atom stereocenters. The number of nitrogens with zero attached hydrogens (tertiary/aromatic N) is 1. The number of nitrogens with one attached hydrogen (secondary N) is 1. The molecule has 2 aliphatic rings. The summed E-state index contributed by atoms with van der Waals surface area (Å²) in [6, 6.07) is 2.32. The Kier molecular flexibility index (Phi) is 2.22. The molecule has 1 saturated carbocycles. The zero-order chi connectivity index (χ0) is 9.26. The molecule has 3 heteroatoms. The first-order valence-electron chi connectivity index (χ1n) is 4.98. The van der Waals surface area contributed by atoms with Crippen molar-refractivity contribution in [2.24, 2.45) is 17.8 Å². The molecule has 0 spiro atoms. The van der Waals surface area contributed by atoms with Crippen molar-refractivity contribution < 1.29 is 4.79 Å². The zero-order valence-corrected chi connectivity index (χ0v) is 7.62. The van der Waals surface area contributed by atoms with Crippen LogP contribution in [0.1, 0.15) is 25.7 Å².